The fourth-order valence-electron chi connectivity index (χ4n) is 4.63. The predicted molar refractivity (Wildman–Crippen MR) is 163 cm³/mol. The standard InChI is InChI=1S/C28H30Cl2N8O5/c1-4-22(40)34-18-13-43-14-19(18)36-28-32-11-16-7-17(23-24(29)20(41-2)8-21(42-3)25(23)30)35-27(26(16)37-28)31-9-15-10-33-38(12-15)5-6-39/h4,7-8,10-12,18-19,39H,1,5-6,9,13-14H2,2-3H3,(H,31,35)(H,34,40)(H,32,36,37)/t18-,19+/m0/s1. The van der Waals surface area contributed by atoms with Crippen LogP contribution in [0.2, 0.25) is 10.0 Å². The molecule has 1 amide bonds. The predicted octanol–water partition coefficient (Wildman–Crippen LogP) is 3.30. The second kappa shape index (κ2) is 13.4. The number of nitrogens with one attached hydrogen (secondary N) is 3. The number of nitrogens with zero attached hydrogens (tertiary/aromatic N) is 5. The lowest BCUT2D eigenvalue weighted by atomic mass is 10.1. The molecule has 0 bridgehead atoms. The summed E-state index contributed by atoms with van der Waals surface area (Å²) in [5.74, 6) is 1.21. The van der Waals surface area contributed by atoms with Gasteiger partial charge >= 0.3 is 0 Å². The summed E-state index contributed by atoms with van der Waals surface area (Å²) < 4.78 is 18.1. The van der Waals surface area contributed by atoms with Crippen LogP contribution >= 0.6 is 23.2 Å². The van der Waals surface area contributed by atoms with E-state index in [0.717, 1.165) is 5.56 Å². The van der Waals surface area contributed by atoms with E-state index in [1.54, 1.807) is 29.2 Å². The van der Waals surface area contributed by atoms with Crippen LogP contribution < -0.4 is 25.4 Å². The molecule has 1 aromatic carbocycles. The molecule has 1 fully saturated rings. The van der Waals surface area contributed by atoms with Gasteiger partial charge in [-0.05, 0) is 12.1 Å². The first-order valence-electron chi connectivity index (χ1n) is 13.3. The molecule has 15 heteroatoms. The minimum atomic E-state index is -0.293. The van der Waals surface area contributed by atoms with Crippen molar-refractivity contribution in [2.24, 2.45) is 0 Å². The zero-order chi connectivity index (χ0) is 30.5. The summed E-state index contributed by atoms with van der Waals surface area (Å²) in [6.45, 7) is 4.93. The van der Waals surface area contributed by atoms with E-state index in [1.807, 2.05) is 6.20 Å². The van der Waals surface area contributed by atoms with Gasteiger partial charge < -0.3 is 35.3 Å². The topological polar surface area (TPSA) is 158 Å². The molecule has 5 rings (SSSR count). The summed E-state index contributed by atoms with van der Waals surface area (Å²) in [7, 11) is 3.00. The van der Waals surface area contributed by atoms with Gasteiger partial charge in [-0.2, -0.15) is 5.10 Å². The van der Waals surface area contributed by atoms with Crippen LogP contribution in [0.15, 0.2) is 43.4 Å². The smallest absolute Gasteiger partial charge is 0.243 e. The maximum atomic E-state index is 11.9. The van der Waals surface area contributed by atoms with Gasteiger partial charge in [0.1, 0.15) is 17.0 Å². The van der Waals surface area contributed by atoms with Crippen molar-refractivity contribution in [3.05, 3.63) is 59.0 Å². The van der Waals surface area contributed by atoms with E-state index < -0.39 is 0 Å². The lowest BCUT2D eigenvalue weighted by Crippen LogP contribution is -2.45. The number of amides is 1. The van der Waals surface area contributed by atoms with Crippen LogP contribution in [0.1, 0.15) is 5.56 Å². The molecule has 0 radical (unpaired) electrons. The van der Waals surface area contributed by atoms with Gasteiger partial charge in [-0.25, -0.2) is 15.0 Å². The Morgan fingerprint density at radius 1 is 1.16 bits per heavy atom. The molecule has 0 aliphatic carbocycles. The summed E-state index contributed by atoms with van der Waals surface area (Å²) in [5, 5.41) is 24.1. The Hall–Kier alpha value is -4.17. The summed E-state index contributed by atoms with van der Waals surface area (Å²) in [5.41, 5.74) is 2.26. The maximum Gasteiger partial charge on any atom is 0.243 e. The zero-order valence-corrected chi connectivity index (χ0v) is 24.9. The van der Waals surface area contributed by atoms with E-state index in [2.05, 4.69) is 32.6 Å². The SMILES string of the molecule is C=CC(=O)N[C@H]1COC[C@H]1Nc1ncc2cc(-c3c(Cl)c(OC)cc(OC)c3Cl)nc(NCc3cnn(CCO)c3)c2n1. The van der Waals surface area contributed by atoms with Gasteiger partial charge in [-0.3, -0.25) is 9.48 Å². The molecule has 4 aromatic rings. The molecular formula is C28H30Cl2N8O5. The van der Waals surface area contributed by atoms with Crippen LogP contribution in [0.3, 0.4) is 0 Å². The Balaban J connectivity index is 1.55. The molecule has 2 atom stereocenters. The van der Waals surface area contributed by atoms with Gasteiger partial charge in [0.2, 0.25) is 11.9 Å². The van der Waals surface area contributed by atoms with Gasteiger partial charge in [0, 0.05) is 41.5 Å². The van der Waals surface area contributed by atoms with E-state index in [9.17, 15) is 9.90 Å². The van der Waals surface area contributed by atoms with Crippen LogP contribution in [0.4, 0.5) is 11.8 Å². The third-order valence-electron chi connectivity index (χ3n) is 6.78. The number of pyridine rings is 1. The molecule has 13 nitrogen and oxygen atoms in total. The Morgan fingerprint density at radius 2 is 1.91 bits per heavy atom. The number of rotatable bonds is 12. The molecular weight excluding hydrogens is 599 g/mol. The van der Waals surface area contributed by atoms with Gasteiger partial charge in [-0.15, -0.1) is 0 Å². The zero-order valence-electron chi connectivity index (χ0n) is 23.4. The summed E-state index contributed by atoms with van der Waals surface area (Å²) in [4.78, 5) is 26.0. The highest BCUT2D eigenvalue weighted by molar-refractivity contribution is 6.41. The van der Waals surface area contributed by atoms with Crippen molar-refractivity contribution in [1.29, 1.82) is 0 Å². The van der Waals surface area contributed by atoms with Crippen LogP contribution in [0.25, 0.3) is 22.2 Å². The first kappa shape index (κ1) is 30.3. The fraction of sp³-hybridized carbons (Fsp3) is 0.321. The van der Waals surface area contributed by atoms with Crippen LogP contribution in [0.5, 0.6) is 11.5 Å². The fourth-order valence-corrected chi connectivity index (χ4v) is 5.32. The van der Waals surface area contributed by atoms with Crippen molar-refractivity contribution in [2.75, 3.05) is 44.7 Å². The van der Waals surface area contributed by atoms with Crippen molar-refractivity contribution in [1.82, 2.24) is 30.0 Å². The molecule has 0 spiro atoms. The number of hydrogen-bond donors (Lipinski definition) is 4. The number of aliphatic hydroxyl groups is 1. The number of ether oxygens (including phenoxy) is 3. The number of hydrogen-bond acceptors (Lipinski definition) is 11. The van der Waals surface area contributed by atoms with Gasteiger partial charge in [0.25, 0.3) is 0 Å². The number of anilines is 2. The number of carbonyl (C=O) groups is 1. The van der Waals surface area contributed by atoms with Crippen LogP contribution in [0, 0.1) is 0 Å². The Bertz CT molecular complexity index is 1620. The van der Waals surface area contributed by atoms with Gasteiger partial charge in [0.15, 0.2) is 5.82 Å². The Labute approximate surface area is 257 Å². The average molecular weight is 630 g/mol. The lowest BCUT2D eigenvalue weighted by molar-refractivity contribution is -0.117. The third-order valence-corrected chi connectivity index (χ3v) is 7.53. The number of benzene rings is 1. The molecule has 0 unspecified atom stereocenters. The van der Waals surface area contributed by atoms with Crippen LogP contribution in [-0.4, -0.2) is 81.9 Å². The highest BCUT2D eigenvalue weighted by Crippen LogP contribution is 2.46. The van der Waals surface area contributed by atoms with E-state index in [0.29, 0.717) is 71.7 Å². The summed E-state index contributed by atoms with van der Waals surface area (Å²) in [6.07, 6.45) is 6.41. The minimum Gasteiger partial charge on any atom is -0.495 e. The first-order chi connectivity index (χ1) is 20.8. The number of carbonyl (C=O) groups excluding carboxylic acids is 1. The number of methoxy groups -OCH3 is 2. The van der Waals surface area contributed by atoms with E-state index >= 15 is 0 Å². The summed E-state index contributed by atoms with van der Waals surface area (Å²) >= 11 is 13.4. The number of fused-ring (bicyclic) bond motifs is 1. The van der Waals surface area contributed by atoms with Crippen LogP contribution in [-0.2, 0) is 22.6 Å². The molecule has 4 N–H and O–H groups in total. The van der Waals surface area contributed by atoms with Crippen molar-refractivity contribution >= 4 is 51.8 Å². The van der Waals surface area contributed by atoms with E-state index in [4.69, 9.17) is 47.4 Å². The normalized spacial score (nSPS) is 16.2. The highest BCUT2D eigenvalue weighted by atomic mass is 35.5. The highest BCUT2D eigenvalue weighted by Gasteiger charge is 2.30. The lowest BCUT2D eigenvalue weighted by Gasteiger charge is -2.20. The molecule has 1 aliphatic rings. The quantitative estimate of drug-likeness (QED) is 0.171. The van der Waals surface area contributed by atoms with Crippen molar-refractivity contribution in [3.63, 3.8) is 0 Å². The summed E-state index contributed by atoms with van der Waals surface area (Å²) in [6, 6.07) is 2.84. The molecule has 43 heavy (non-hydrogen) atoms. The van der Waals surface area contributed by atoms with E-state index in [1.165, 1.54) is 20.3 Å². The monoisotopic (exact) mass is 628 g/mol. The average Bonchev–Trinajstić information content (AvgIpc) is 3.65. The molecule has 1 aliphatic heterocycles. The van der Waals surface area contributed by atoms with E-state index in [-0.39, 0.29) is 34.6 Å². The minimum absolute atomic E-state index is 0.0227. The Kier molecular flexibility index (Phi) is 9.46. The largest absolute Gasteiger partial charge is 0.495 e. The number of halogens is 2. The second-order valence-corrected chi connectivity index (χ2v) is 10.3. The first-order valence-corrected chi connectivity index (χ1v) is 14.0. The molecule has 226 valence electrons. The maximum absolute atomic E-state index is 11.9. The molecule has 0 saturated carbocycles. The Morgan fingerprint density at radius 3 is 2.60 bits per heavy atom. The van der Waals surface area contributed by atoms with Crippen molar-refractivity contribution in [3.8, 4) is 22.8 Å². The molecule has 1 saturated heterocycles. The second-order valence-electron chi connectivity index (χ2n) is 9.57. The van der Waals surface area contributed by atoms with Gasteiger partial charge in [0.05, 0.1) is 74.6 Å². The number of aromatic nitrogens is 5. The third kappa shape index (κ3) is 6.59. The van der Waals surface area contributed by atoms with Crippen molar-refractivity contribution in [2.45, 2.75) is 25.2 Å². The number of aliphatic hydroxyl groups excluding tert-OH is 1. The van der Waals surface area contributed by atoms with Gasteiger partial charge in [-0.1, -0.05) is 29.8 Å². The van der Waals surface area contributed by atoms with Crippen molar-refractivity contribution < 1.29 is 24.1 Å². The molecule has 3 aromatic heterocycles. The molecule has 4 heterocycles.